The standard InChI is InChI=1S/C20H32N2O3S/c1-5-18-8-6-7-14-21(18)20(23)13-15-22(26(4,24)25)19-11-9-17(10-12-19)16(2)3/h9-12,16,18H,5-8,13-15H2,1-4H3. The Balaban J connectivity index is 2.10. The van der Waals surface area contributed by atoms with E-state index in [1.165, 1.54) is 17.0 Å². The van der Waals surface area contributed by atoms with Crippen molar-refractivity contribution in [3.05, 3.63) is 29.8 Å². The van der Waals surface area contributed by atoms with Crippen LogP contribution in [0.15, 0.2) is 24.3 Å². The minimum absolute atomic E-state index is 0.0593. The number of hydrogen-bond donors (Lipinski definition) is 0. The molecule has 1 atom stereocenters. The summed E-state index contributed by atoms with van der Waals surface area (Å²) in [7, 11) is -3.43. The van der Waals surface area contributed by atoms with Gasteiger partial charge in [0.1, 0.15) is 0 Å². The first kappa shape index (κ1) is 20.7. The average Bonchev–Trinajstić information content (AvgIpc) is 2.61. The Morgan fingerprint density at radius 2 is 1.88 bits per heavy atom. The van der Waals surface area contributed by atoms with Crippen LogP contribution >= 0.6 is 0 Å². The highest BCUT2D eigenvalue weighted by atomic mass is 32.2. The van der Waals surface area contributed by atoms with E-state index in [1.54, 1.807) is 0 Å². The van der Waals surface area contributed by atoms with Crippen molar-refractivity contribution >= 4 is 21.6 Å². The Morgan fingerprint density at radius 1 is 1.23 bits per heavy atom. The van der Waals surface area contributed by atoms with Crippen LogP contribution in [0, 0.1) is 0 Å². The molecule has 2 rings (SSSR count). The Bertz CT molecular complexity index is 698. The van der Waals surface area contributed by atoms with Crippen molar-refractivity contribution < 1.29 is 13.2 Å². The van der Waals surface area contributed by atoms with Crippen LogP contribution in [0.1, 0.15) is 64.4 Å². The van der Waals surface area contributed by atoms with Crippen LogP contribution in [0.4, 0.5) is 5.69 Å². The molecule has 26 heavy (non-hydrogen) atoms. The van der Waals surface area contributed by atoms with E-state index in [4.69, 9.17) is 0 Å². The van der Waals surface area contributed by atoms with Gasteiger partial charge in [-0.15, -0.1) is 0 Å². The summed E-state index contributed by atoms with van der Waals surface area (Å²) < 4.78 is 25.9. The number of hydrogen-bond acceptors (Lipinski definition) is 3. The van der Waals surface area contributed by atoms with Gasteiger partial charge in [0.25, 0.3) is 0 Å². The summed E-state index contributed by atoms with van der Waals surface area (Å²) in [6, 6.07) is 7.87. The molecule has 0 spiro atoms. The lowest BCUT2D eigenvalue weighted by molar-refractivity contribution is -0.134. The molecule has 1 unspecified atom stereocenters. The lowest BCUT2D eigenvalue weighted by Crippen LogP contribution is -2.44. The zero-order valence-electron chi connectivity index (χ0n) is 16.4. The molecule has 146 valence electrons. The van der Waals surface area contributed by atoms with Crippen molar-refractivity contribution in [3.8, 4) is 0 Å². The van der Waals surface area contributed by atoms with E-state index in [0.717, 1.165) is 31.4 Å². The molecule has 0 bridgehead atoms. The fourth-order valence-corrected chi connectivity index (χ4v) is 4.53. The normalized spacial score (nSPS) is 18.2. The van der Waals surface area contributed by atoms with E-state index in [9.17, 15) is 13.2 Å². The summed E-state index contributed by atoms with van der Waals surface area (Å²) in [5, 5.41) is 0. The summed E-state index contributed by atoms with van der Waals surface area (Å²) >= 11 is 0. The molecule has 0 radical (unpaired) electrons. The number of carbonyl (C=O) groups excluding carboxylic acids is 1. The van der Waals surface area contributed by atoms with Crippen LogP contribution < -0.4 is 4.31 Å². The van der Waals surface area contributed by atoms with E-state index in [2.05, 4.69) is 20.8 Å². The number of nitrogens with zero attached hydrogens (tertiary/aromatic N) is 2. The van der Waals surface area contributed by atoms with Crippen LogP contribution in [-0.2, 0) is 14.8 Å². The fraction of sp³-hybridized carbons (Fsp3) is 0.650. The second-order valence-corrected chi connectivity index (χ2v) is 9.38. The summed E-state index contributed by atoms with van der Waals surface area (Å²) in [6.07, 6.45) is 5.63. The highest BCUT2D eigenvalue weighted by Crippen LogP contribution is 2.24. The van der Waals surface area contributed by atoms with Crippen molar-refractivity contribution in [2.45, 2.75) is 64.8 Å². The van der Waals surface area contributed by atoms with Gasteiger partial charge in [-0.3, -0.25) is 9.10 Å². The number of benzene rings is 1. The van der Waals surface area contributed by atoms with E-state index < -0.39 is 10.0 Å². The van der Waals surface area contributed by atoms with E-state index in [1.807, 2.05) is 29.2 Å². The monoisotopic (exact) mass is 380 g/mol. The molecule has 1 aromatic carbocycles. The predicted octanol–water partition coefficient (Wildman–Crippen LogP) is 3.76. The minimum Gasteiger partial charge on any atom is -0.340 e. The van der Waals surface area contributed by atoms with Gasteiger partial charge in [0.05, 0.1) is 11.9 Å². The molecule has 1 fully saturated rings. The average molecular weight is 381 g/mol. The SMILES string of the molecule is CCC1CCCCN1C(=O)CCN(c1ccc(C(C)C)cc1)S(C)(=O)=O. The van der Waals surface area contributed by atoms with Gasteiger partial charge in [0.15, 0.2) is 0 Å². The van der Waals surface area contributed by atoms with Crippen molar-refractivity contribution in [1.29, 1.82) is 0 Å². The number of amides is 1. The van der Waals surface area contributed by atoms with Crippen LogP contribution in [-0.4, -0.2) is 44.6 Å². The number of likely N-dealkylation sites (tertiary alicyclic amines) is 1. The highest BCUT2D eigenvalue weighted by Gasteiger charge is 2.26. The van der Waals surface area contributed by atoms with Crippen LogP contribution in [0.3, 0.4) is 0 Å². The second kappa shape index (κ2) is 8.89. The molecule has 6 heteroatoms. The van der Waals surface area contributed by atoms with Crippen LogP contribution in [0.5, 0.6) is 0 Å². The molecular formula is C20H32N2O3S. The molecule has 0 saturated carbocycles. The van der Waals surface area contributed by atoms with E-state index >= 15 is 0 Å². The van der Waals surface area contributed by atoms with E-state index in [-0.39, 0.29) is 18.9 Å². The lowest BCUT2D eigenvalue weighted by atomic mass is 9.99. The van der Waals surface area contributed by atoms with Crippen molar-refractivity contribution in [2.75, 3.05) is 23.7 Å². The molecule has 0 aromatic heterocycles. The number of anilines is 1. The first-order chi connectivity index (χ1) is 12.2. The van der Waals surface area contributed by atoms with Gasteiger partial charge >= 0.3 is 0 Å². The van der Waals surface area contributed by atoms with Gasteiger partial charge in [0.2, 0.25) is 15.9 Å². The summed E-state index contributed by atoms with van der Waals surface area (Å²) in [4.78, 5) is 14.6. The fourth-order valence-electron chi connectivity index (χ4n) is 3.61. The first-order valence-electron chi connectivity index (χ1n) is 9.61. The Labute approximate surface area is 158 Å². The lowest BCUT2D eigenvalue weighted by Gasteiger charge is -2.36. The summed E-state index contributed by atoms with van der Waals surface area (Å²) in [5.74, 6) is 0.450. The maximum Gasteiger partial charge on any atom is 0.232 e. The number of rotatable bonds is 7. The molecule has 1 aliphatic heterocycles. The number of sulfonamides is 1. The third-order valence-corrected chi connectivity index (χ3v) is 6.39. The van der Waals surface area contributed by atoms with Crippen molar-refractivity contribution in [3.63, 3.8) is 0 Å². The van der Waals surface area contributed by atoms with E-state index in [0.29, 0.717) is 17.6 Å². The largest absolute Gasteiger partial charge is 0.340 e. The van der Waals surface area contributed by atoms with Gasteiger partial charge in [-0.25, -0.2) is 8.42 Å². The molecule has 1 saturated heterocycles. The molecular weight excluding hydrogens is 348 g/mol. The first-order valence-corrected chi connectivity index (χ1v) is 11.5. The van der Waals surface area contributed by atoms with Crippen molar-refractivity contribution in [1.82, 2.24) is 4.90 Å². The molecule has 1 aliphatic rings. The Kier molecular flexibility index (Phi) is 7.09. The molecule has 1 amide bonds. The molecule has 0 N–H and O–H groups in total. The van der Waals surface area contributed by atoms with Crippen LogP contribution in [0.2, 0.25) is 0 Å². The smallest absolute Gasteiger partial charge is 0.232 e. The zero-order valence-corrected chi connectivity index (χ0v) is 17.3. The van der Waals surface area contributed by atoms with Crippen LogP contribution in [0.25, 0.3) is 0 Å². The number of piperidine rings is 1. The molecule has 1 aromatic rings. The third-order valence-electron chi connectivity index (χ3n) is 5.20. The minimum atomic E-state index is -3.43. The maximum atomic E-state index is 12.7. The van der Waals surface area contributed by atoms with Gasteiger partial charge in [-0.05, 0) is 49.3 Å². The topological polar surface area (TPSA) is 57.7 Å². The van der Waals surface area contributed by atoms with Gasteiger partial charge < -0.3 is 4.90 Å². The Hall–Kier alpha value is -1.56. The predicted molar refractivity (Wildman–Crippen MR) is 107 cm³/mol. The highest BCUT2D eigenvalue weighted by molar-refractivity contribution is 7.92. The molecule has 1 heterocycles. The Morgan fingerprint density at radius 3 is 2.42 bits per heavy atom. The van der Waals surface area contributed by atoms with Gasteiger partial charge in [-0.1, -0.05) is 32.9 Å². The van der Waals surface area contributed by atoms with Crippen molar-refractivity contribution in [2.24, 2.45) is 0 Å². The molecule has 5 nitrogen and oxygen atoms in total. The van der Waals surface area contributed by atoms with Gasteiger partial charge in [0, 0.05) is 25.6 Å². The third kappa shape index (κ3) is 5.22. The summed E-state index contributed by atoms with van der Waals surface area (Å²) in [5.41, 5.74) is 1.78. The molecule has 0 aliphatic carbocycles. The summed E-state index contributed by atoms with van der Waals surface area (Å²) in [6.45, 7) is 7.29. The van der Waals surface area contributed by atoms with Gasteiger partial charge in [-0.2, -0.15) is 0 Å². The maximum absolute atomic E-state index is 12.7. The quantitative estimate of drug-likeness (QED) is 0.724. The zero-order chi connectivity index (χ0) is 19.3. The second-order valence-electron chi connectivity index (χ2n) is 7.48. The number of carbonyl (C=O) groups is 1.